The smallest absolute Gasteiger partial charge is 0.261 e. The summed E-state index contributed by atoms with van der Waals surface area (Å²) in [5.74, 6) is -0.259. The lowest BCUT2D eigenvalue weighted by Crippen LogP contribution is -2.38. The molecule has 6 heteroatoms. The zero-order valence-corrected chi connectivity index (χ0v) is 22.5. The van der Waals surface area contributed by atoms with Crippen molar-refractivity contribution in [2.75, 3.05) is 0 Å². The van der Waals surface area contributed by atoms with Gasteiger partial charge < -0.3 is 14.7 Å². The van der Waals surface area contributed by atoms with Crippen LogP contribution in [0, 0.1) is 0 Å². The van der Waals surface area contributed by atoms with Gasteiger partial charge in [0.2, 0.25) is 0 Å². The van der Waals surface area contributed by atoms with Gasteiger partial charge >= 0.3 is 0 Å². The fraction of sp³-hybridized carbons (Fsp3) is 0.0882. The van der Waals surface area contributed by atoms with Crippen LogP contribution in [0.2, 0.25) is 0 Å². The van der Waals surface area contributed by atoms with Crippen molar-refractivity contribution in [3.8, 4) is 0 Å². The molecule has 1 amide bonds. The first-order chi connectivity index (χ1) is 19.7. The van der Waals surface area contributed by atoms with Crippen LogP contribution in [-0.4, -0.2) is 27.8 Å². The third-order valence-corrected chi connectivity index (χ3v) is 8.27. The predicted molar refractivity (Wildman–Crippen MR) is 160 cm³/mol. The molecule has 0 saturated carbocycles. The average Bonchev–Trinajstić information content (AvgIpc) is 3.67. The summed E-state index contributed by atoms with van der Waals surface area (Å²) in [7, 11) is 0. The molecule has 0 aliphatic carbocycles. The predicted octanol–water partition coefficient (Wildman–Crippen LogP) is 6.48. The molecule has 2 heterocycles. The van der Waals surface area contributed by atoms with Crippen LogP contribution in [0.4, 0.5) is 0 Å². The zero-order valence-electron chi connectivity index (χ0n) is 21.7. The normalized spacial score (nSPS) is 12.2. The Balaban J connectivity index is 1.35. The second kappa shape index (κ2) is 11.1. The number of hydrogen-bond acceptors (Lipinski definition) is 4. The van der Waals surface area contributed by atoms with Crippen LogP contribution in [0.3, 0.4) is 0 Å². The molecule has 2 aromatic heterocycles. The maximum absolute atomic E-state index is 13.0. The lowest BCUT2D eigenvalue weighted by Gasteiger charge is -2.37. The van der Waals surface area contributed by atoms with Gasteiger partial charge in [0, 0.05) is 17.3 Å². The van der Waals surface area contributed by atoms with E-state index < -0.39 is 11.6 Å². The highest BCUT2D eigenvalue weighted by molar-refractivity contribution is 7.20. The van der Waals surface area contributed by atoms with Crippen molar-refractivity contribution in [2.24, 2.45) is 0 Å². The van der Waals surface area contributed by atoms with E-state index in [0.717, 1.165) is 33.1 Å². The van der Waals surface area contributed by atoms with Crippen molar-refractivity contribution >= 4 is 33.6 Å². The van der Waals surface area contributed by atoms with Gasteiger partial charge in [-0.2, -0.15) is 0 Å². The molecule has 6 aromatic rings. The first-order valence-corrected chi connectivity index (χ1v) is 13.9. The summed E-state index contributed by atoms with van der Waals surface area (Å²) >= 11 is 1.42. The molecule has 196 valence electrons. The lowest BCUT2D eigenvalue weighted by molar-refractivity contribution is -0.109. The van der Waals surface area contributed by atoms with Crippen molar-refractivity contribution in [1.29, 1.82) is 0 Å². The van der Waals surface area contributed by atoms with E-state index in [1.165, 1.54) is 11.3 Å². The van der Waals surface area contributed by atoms with Gasteiger partial charge in [0.25, 0.3) is 5.91 Å². The van der Waals surface area contributed by atoms with E-state index in [0.29, 0.717) is 10.6 Å². The number of nitrogens with zero attached hydrogens (tertiary/aromatic N) is 2. The third kappa shape index (κ3) is 4.74. The number of nitrogens with one attached hydrogen (secondary N) is 1. The standard InChI is InChI=1S/C34H27N3O2S/c38-23-30(36-33(39)32-20-25-12-10-11-19-31(25)40-32)21-29-22-37(24-35-29)34(26-13-4-1-5-14-26,27-15-6-2-7-16-27)28-17-8-3-9-18-28/h1-20,22-24,30H,21H2,(H,36,39)/t30-/m0/s1. The summed E-state index contributed by atoms with van der Waals surface area (Å²) in [5.41, 5.74) is 3.27. The van der Waals surface area contributed by atoms with Crippen molar-refractivity contribution < 1.29 is 9.59 Å². The van der Waals surface area contributed by atoms with E-state index in [9.17, 15) is 9.59 Å². The van der Waals surface area contributed by atoms with Gasteiger partial charge in [-0.15, -0.1) is 11.3 Å². The van der Waals surface area contributed by atoms with E-state index in [1.54, 1.807) is 0 Å². The first kappa shape index (κ1) is 25.5. The van der Waals surface area contributed by atoms with Gasteiger partial charge in [-0.1, -0.05) is 109 Å². The number of imidazole rings is 1. The Morgan fingerprint density at radius 2 is 1.38 bits per heavy atom. The molecule has 0 fully saturated rings. The SMILES string of the molecule is O=C[C@H](Cc1cn(C(c2ccccc2)(c2ccccc2)c2ccccc2)cn1)NC(=O)c1cc2ccccc2s1. The summed E-state index contributed by atoms with van der Waals surface area (Å²) in [5, 5.41) is 3.90. The van der Waals surface area contributed by atoms with Crippen molar-refractivity contribution in [1.82, 2.24) is 14.9 Å². The molecule has 40 heavy (non-hydrogen) atoms. The molecular formula is C34H27N3O2S. The minimum Gasteiger partial charge on any atom is -0.341 e. The van der Waals surface area contributed by atoms with Crippen LogP contribution >= 0.6 is 11.3 Å². The number of carbonyl (C=O) groups is 2. The van der Waals surface area contributed by atoms with Crippen LogP contribution in [0.15, 0.2) is 134 Å². The molecule has 6 rings (SSSR count). The summed E-state index contributed by atoms with van der Waals surface area (Å²) < 4.78 is 3.14. The number of fused-ring (bicyclic) bond motifs is 1. The van der Waals surface area contributed by atoms with E-state index in [1.807, 2.05) is 97.5 Å². The maximum atomic E-state index is 13.0. The van der Waals surface area contributed by atoms with E-state index in [2.05, 4.69) is 46.3 Å². The van der Waals surface area contributed by atoms with Crippen LogP contribution in [0.25, 0.3) is 10.1 Å². The molecule has 0 unspecified atom stereocenters. The van der Waals surface area contributed by atoms with E-state index in [-0.39, 0.29) is 12.3 Å². The number of aromatic nitrogens is 2. The topological polar surface area (TPSA) is 64.0 Å². The molecular weight excluding hydrogens is 514 g/mol. The van der Waals surface area contributed by atoms with Crippen molar-refractivity contribution in [2.45, 2.75) is 18.0 Å². The first-order valence-electron chi connectivity index (χ1n) is 13.1. The van der Waals surface area contributed by atoms with Gasteiger partial charge in [-0.3, -0.25) is 4.79 Å². The van der Waals surface area contributed by atoms with E-state index >= 15 is 0 Å². The minimum atomic E-state index is -0.708. The number of rotatable bonds is 9. The highest BCUT2D eigenvalue weighted by Crippen LogP contribution is 2.40. The highest BCUT2D eigenvalue weighted by atomic mass is 32.1. The monoisotopic (exact) mass is 541 g/mol. The Kier molecular flexibility index (Phi) is 7.08. The second-order valence-corrected chi connectivity index (χ2v) is 10.7. The number of carbonyl (C=O) groups excluding carboxylic acids is 2. The number of thiophene rings is 1. The Hall–Kier alpha value is -4.81. The molecule has 4 aromatic carbocycles. The molecule has 0 aliphatic rings. The molecule has 1 atom stereocenters. The summed E-state index contributed by atoms with van der Waals surface area (Å²) in [6.45, 7) is 0. The van der Waals surface area contributed by atoms with Crippen LogP contribution in [0.1, 0.15) is 32.1 Å². The van der Waals surface area contributed by atoms with Crippen LogP contribution < -0.4 is 5.32 Å². The number of aldehydes is 1. The number of amides is 1. The summed E-state index contributed by atoms with van der Waals surface area (Å²) in [6.07, 6.45) is 4.86. The van der Waals surface area contributed by atoms with Gasteiger partial charge in [0.15, 0.2) is 0 Å². The molecule has 1 N–H and O–H groups in total. The Labute approximate surface area is 236 Å². The van der Waals surface area contributed by atoms with Gasteiger partial charge in [0.05, 0.1) is 22.9 Å². The van der Waals surface area contributed by atoms with E-state index in [4.69, 9.17) is 4.98 Å². The van der Waals surface area contributed by atoms with Gasteiger partial charge in [-0.05, 0) is 34.2 Å². The second-order valence-electron chi connectivity index (χ2n) is 9.65. The minimum absolute atomic E-state index is 0.259. The van der Waals surface area contributed by atoms with Crippen molar-refractivity contribution in [3.63, 3.8) is 0 Å². The van der Waals surface area contributed by atoms with Crippen molar-refractivity contribution in [3.05, 3.63) is 161 Å². The number of benzene rings is 4. The molecule has 5 nitrogen and oxygen atoms in total. The maximum Gasteiger partial charge on any atom is 0.261 e. The average molecular weight is 542 g/mol. The molecule has 0 radical (unpaired) electrons. The summed E-state index contributed by atoms with van der Waals surface area (Å²) in [6, 6.07) is 40.0. The Morgan fingerprint density at radius 3 is 1.93 bits per heavy atom. The van der Waals surface area contributed by atoms with Gasteiger partial charge in [-0.25, -0.2) is 4.98 Å². The molecule has 0 saturated heterocycles. The van der Waals surface area contributed by atoms with Crippen LogP contribution in [0.5, 0.6) is 0 Å². The summed E-state index contributed by atoms with van der Waals surface area (Å²) in [4.78, 5) is 30.4. The zero-order chi connectivity index (χ0) is 27.4. The Morgan fingerprint density at radius 1 is 0.825 bits per heavy atom. The fourth-order valence-corrected chi connectivity index (χ4v) is 6.30. The highest BCUT2D eigenvalue weighted by Gasteiger charge is 2.38. The van der Waals surface area contributed by atoms with Crippen LogP contribution in [-0.2, 0) is 16.8 Å². The molecule has 0 bridgehead atoms. The third-order valence-electron chi connectivity index (χ3n) is 7.16. The lowest BCUT2D eigenvalue weighted by atomic mass is 9.77. The largest absolute Gasteiger partial charge is 0.341 e. The quantitative estimate of drug-likeness (QED) is 0.168. The Bertz CT molecular complexity index is 1610. The number of hydrogen-bond donors (Lipinski definition) is 1. The van der Waals surface area contributed by atoms with Gasteiger partial charge in [0.1, 0.15) is 11.8 Å². The molecule has 0 spiro atoms. The molecule has 0 aliphatic heterocycles. The fourth-order valence-electron chi connectivity index (χ4n) is 5.33.